The summed E-state index contributed by atoms with van der Waals surface area (Å²) in [6, 6.07) is 6.69. The summed E-state index contributed by atoms with van der Waals surface area (Å²) in [5, 5.41) is 18.6. The quantitative estimate of drug-likeness (QED) is 0.858. The molecule has 0 aliphatic carbocycles. The van der Waals surface area contributed by atoms with Crippen LogP contribution in [-0.2, 0) is 0 Å². The zero-order chi connectivity index (χ0) is 19.8. The van der Waals surface area contributed by atoms with Crippen LogP contribution in [0.25, 0.3) is 11.3 Å². The van der Waals surface area contributed by atoms with E-state index in [1.54, 1.807) is 18.2 Å². The van der Waals surface area contributed by atoms with Gasteiger partial charge in [0.15, 0.2) is 5.82 Å². The van der Waals surface area contributed by atoms with Gasteiger partial charge in [0.1, 0.15) is 11.4 Å². The first-order valence-corrected chi connectivity index (χ1v) is 9.92. The number of anilines is 1. The lowest BCUT2D eigenvalue weighted by Crippen LogP contribution is -2.48. The topological polar surface area (TPSA) is 52.5 Å². The van der Waals surface area contributed by atoms with Gasteiger partial charge in [-0.05, 0) is 62.5 Å². The second-order valence-corrected chi connectivity index (χ2v) is 7.82. The number of phenols is 1. The number of aromatic nitrogens is 2. The Bertz CT molecular complexity index is 860. The van der Waals surface area contributed by atoms with Gasteiger partial charge in [-0.15, -0.1) is 10.2 Å². The number of alkyl halides is 2. The molecule has 2 aromatic rings. The monoisotopic (exact) mass is 388 g/mol. The molecule has 2 atom stereocenters. The molecule has 28 heavy (non-hydrogen) atoms. The number of fused-ring (bicyclic) bond motifs is 1. The highest BCUT2D eigenvalue weighted by atomic mass is 19.3. The number of hydrogen-bond donors (Lipinski definition) is 1. The van der Waals surface area contributed by atoms with E-state index >= 15 is 0 Å². The van der Waals surface area contributed by atoms with Crippen molar-refractivity contribution >= 4 is 5.82 Å². The Balaban J connectivity index is 1.69. The molecule has 2 saturated heterocycles. The Hall–Kier alpha value is -2.28. The summed E-state index contributed by atoms with van der Waals surface area (Å²) >= 11 is 0. The maximum absolute atomic E-state index is 13.9. The molecule has 0 bridgehead atoms. The zero-order valence-corrected chi connectivity index (χ0v) is 16.3. The second kappa shape index (κ2) is 7.62. The lowest BCUT2D eigenvalue weighted by Gasteiger charge is -2.38. The summed E-state index contributed by atoms with van der Waals surface area (Å²) in [6.07, 6.45) is -0.490. The standard InChI is InChI=1S/C21H26F2N4O/c1-3-26-8-6-14-7-9-27(17(14)12-26)19-11-16(21(22)23)20(25-24-19)15-5-4-13(2)10-18(15)28/h4-5,10-11,14,17,21,28H,3,6-9,12H2,1-2H3/t14-,17-/m0/s1. The SMILES string of the molecule is CCN1CC[C@H]2CCN(c3cc(C(F)F)c(-c4ccc(C)cc4O)nn3)[C@H]2C1. The number of likely N-dealkylation sites (tertiary alicyclic amines) is 1. The number of halogens is 2. The van der Waals surface area contributed by atoms with Gasteiger partial charge in [0.2, 0.25) is 0 Å². The molecule has 2 aliphatic rings. The Labute approximate surface area is 164 Å². The van der Waals surface area contributed by atoms with Gasteiger partial charge in [-0.1, -0.05) is 13.0 Å². The lowest BCUT2D eigenvalue weighted by molar-refractivity contribution is 0.151. The summed E-state index contributed by atoms with van der Waals surface area (Å²) in [5.41, 5.74) is 1.00. The third-order valence-corrected chi connectivity index (χ3v) is 6.14. The molecule has 1 N–H and O–H groups in total. The number of aryl methyl sites for hydroxylation is 1. The zero-order valence-electron chi connectivity index (χ0n) is 16.3. The Kier molecular flexibility index (Phi) is 5.19. The Morgan fingerprint density at radius 2 is 1.96 bits per heavy atom. The van der Waals surface area contributed by atoms with Crippen LogP contribution in [0.15, 0.2) is 24.3 Å². The number of rotatable bonds is 4. The average Bonchev–Trinajstić information content (AvgIpc) is 3.10. The van der Waals surface area contributed by atoms with Crippen molar-refractivity contribution in [3.8, 4) is 17.0 Å². The molecule has 3 heterocycles. The number of nitrogens with zero attached hydrogens (tertiary/aromatic N) is 4. The molecule has 0 saturated carbocycles. The number of likely N-dealkylation sites (N-methyl/N-ethyl adjacent to an activating group) is 1. The van der Waals surface area contributed by atoms with Crippen LogP contribution in [-0.4, -0.2) is 52.4 Å². The van der Waals surface area contributed by atoms with Gasteiger partial charge in [-0.3, -0.25) is 0 Å². The van der Waals surface area contributed by atoms with Crippen LogP contribution < -0.4 is 4.90 Å². The molecule has 150 valence electrons. The fourth-order valence-corrected chi connectivity index (χ4v) is 4.53. The fraction of sp³-hybridized carbons (Fsp3) is 0.524. The molecule has 0 amide bonds. The minimum Gasteiger partial charge on any atom is -0.507 e. The number of hydrogen-bond acceptors (Lipinski definition) is 5. The molecule has 4 rings (SSSR count). The van der Waals surface area contributed by atoms with Crippen molar-refractivity contribution in [2.24, 2.45) is 5.92 Å². The number of phenolic OH excluding ortho intramolecular Hbond substituents is 1. The minimum absolute atomic E-state index is 0.0471. The van der Waals surface area contributed by atoms with Gasteiger partial charge in [0.05, 0.1) is 0 Å². The van der Waals surface area contributed by atoms with Crippen molar-refractivity contribution in [1.29, 1.82) is 0 Å². The van der Waals surface area contributed by atoms with E-state index in [1.165, 1.54) is 6.07 Å². The van der Waals surface area contributed by atoms with Crippen molar-refractivity contribution in [3.63, 3.8) is 0 Å². The molecular weight excluding hydrogens is 362 g/mol. The van der Waals surface area contributed by atoms with E-state index in [0.717, 1.165) is 44.6 Å². The number of aromatic hydroxyl groups is 1. The van der Waals surface area contributed by atoms with Gasteiger partial charge >= 0.3 is 0 Å². The van der Waals surface area contributed by atoms with Gasteiger partial charge < -0.3 is 14.9 Å². The van der Waals surface area contributed by atoms with Gasteiger partial charge in [0.25, 0.3) is 6.43 Å². The first-order valence-electron chi connectivity index (χ1n) is 9.92. The van der Waals surface area contributed by atoms with Crippen molar-refractivity contribution < 1.29 is 13.9 Å². The van der Waals surface area contributed by atoms with Crippen LogP contribution in [0, 0.1) is 12.8 Å². The van der Waals surface area contributed by atoms with Crippen LogP contribution in [0.2, 0.25) is 0 Å². The third-order valence-electron chi connectivity index (χ3n) is 6.14. The first kappa shape index (κ1) is 19.1. The first-order chi connectivity index (χ1) is 13.5. The number of piperidine rings is 1. The highest BCUT2D eigenvalue weighted by Crippen LogP contribution is 2.39. The predicted molar refractivity (Wildman–Crippen MR) is 105 cm³/mol. The molecule has 5 nitrogen and oxygen atoms in total. The maximum Gasteiger partial charge on any atom is 0.266 e. The van der Waals surface area contributed by atoms with E-state index in [2.05, 4.69) is 26.9 Å². The second-order valence-electron chi connectivity index (χ2n) is 7.82. The van der Waals surface area contributed by atoms with Gasteiger partial charge in [-0.2, -0.15) is 0 Å². The summed E-state index contributed by atoms with van der Waals surface area (Å²) in [7, 11) is 0. The lowest BCUT2D eigenvalue weighted by atomic mass is 9.92. The normalized spacial score (nSPS) is 22.7. The Morgan fingerprint density at radius 3 is 2.68 bits per heavy atom. The molecular formula is C21H26F2N4O. The smallest absolute Gasteiger partial charge is 0.266 e. The highest BCUT2D eigenvalue weighted by molar-refractivity contribution is 5.71. The molecule has 0 spiro atoms. The van der Waals surface area contributed by atoms with Crippen molar-refractivity contribution in [2.75, 3.05) is 31.1 Å². The largest absolute Gasteiger partial charge is 0.507 e. The van der Waals surface area contributed by atoms with Crippen LogP contribution in [0.4, 0.5) is 14.6 Å². The van der Waals surface area contributed by atoms with Crippen molar-refractivity contribution in [3.05, 3.63) is 35.4 Å². The summed E-state index contributed by atoms with van der Waals surface area (Å²) in [4.78, 5) is 4.55. The maximum atomic E-state index is 13.9. The van der Waals surface area contributed by atoms with Crippen LogP contribution in [0.5, 0.6) is 5.75 Å². The highest BCUT2D eigenvalue weighted by Gasteiger charge is 2.39. The van der Waals surface area contributed by atoms with E-state index in [-0.39, 0.29) is 22.6 Å². The van der Waals surface area contributed by atoms with E-state index in [1.807, 2.05) is 6.92 Å². The van der Waals surface area contributed by atoms with Crippen LogP contribution in [0.3, 0.4) is 0 Å². The van der Waals surface area contributed by atoms with E-state index in [9.17, 15) is 13.9 Å². The molecule has 0 radical (unpaired) electrons. The van der Waals surface area contributed by atoms with E-state index in [4.69, 9.17) is 0 Å². The van der Waals surface area contributed by atoms with E-state index in [0.29, 0.717) is 17.8 Å². The number of benzene rings is 1. The van der Waals surface area contributed by atoms with Crippen LogP contribution in [0.1, 0.15) is 37.3 Å². The molecule has 7 heteroatoms. The molecule has 2 fully saturated rings. The van der Waals surface area contributed by atoms with Gasteiger partial charge in [0, 0.05) is 30.3 Å². The summed E-state index contributed by atoms with van der Waals surface area (Å²) < 4.78 is 27.7. The third kappa shape index (κ3) is 3.43. The minimum atomic E-state index is -2.69. The molecule has 2 aliphatic heterocycles. The van der Waals surface area contributed by atoms with Crippen LogP contribution >= 0.6 is 0 Å². The molecule has 0 unspecified atom stereocenters. The summed E-state index contributed by atoms with van der Waals surface area (Å²) in [5.74, 6) is 1.03. The van der Waals surface area contributed by atoms with Crippen molar-refractivity contribution in [1.82, 2.24) is 15.1 Å². The predicted octanol–water partition coefficient (Wildman–Crippen LogP) is 4.02. The molecule has 1 aromatic carbocycles. The Morgan fingerprint density at radius 1 is 1.18 bits per heavy atom. The molecule has 1 aromatic heterocycles. The average molecular weight is 388 g/mol. The van der Waals surface area contributed by atoms with Gasteiger partial charge in [-0.25, -0.2) is 8.78 Å². The van der Waals surface area contributed by atoms with E-state index < -0.39 is 6.43 Å². The fourth-order valence-electron chi connectivity index (χ4n) is 4.53. The summed E-state index contributed by atoms with van der Waals surface area (Å²) in [6.45, 7) is 7.84. The van der Waals surface area contributed by atoms with Crippen molar-refractivity contribution in [2.45, 2.75) is 39.2 Å².